The summed E-state index contributed by atoms with van der Waals surface area (Å²) in [6.07, 6.45) is -2.08. The number of likely N-dealkylation sites (tertiary alicyclic amines) is 1. The van der Waals surface area contributed by atoms with Crippen molar-refractivity contribution >= 4 is 33.4 Å². The van der Waals surface area contributed by atoms with Crippen molar-refractivity contribution in [2.45, 2.75) is 30.7 Å². The summed E-state index contributed by atoms with van der Waals surface area (Å²) < 4.78 is 87.9. The third-order valence-corrected chi connectivity index (χ3v) is 6.25. The number of halogens is 6. The highest BCUT2D eigenvalue weighted by Gasteiger charge is 2.50. The van der Waals surface area contributed by atoms with Crippen molar-refractivity contribution in [3.05, 3.63) is 34.6 Å². The van der Waals surface area contributed by atoms with Crippen molar-refractivity contribution in [1.82, 2.24) is 14.5 Å². The molecule has 2 rings (SSSR count). The van der Waals surface area contributed by atoms with Crippen LogP contribution >= 0.6 is 11.6 Å². The van der Waals surface area contributed by atoms with E-state index in [2.05, 4.69) is 5.32 Å². The van der Waals surface area contributed by atoms with Gasteiger partial charge in [-0.05, 0) is 6.07 Å². The lowest BCUT2D eigenvalue weighted by atomic mass is 10.1. The number of sulfonamides is 1. The smallest absolute Gasteiger partial charge is 0.350 e. The van der Waals surface area contributed by atoms with Crippen LogP contribution in [0.3, 0.4) is 0 Å². The highest BCUT2D eigenvalue weighted by molar-refractivity contribution is 7.90. The van der Waals surface area contributed by atoms with Crippen LogP contribution in [-0.4, -0.2) is 67.3 Å². The zero-order chi connectivity index (χ0) is 22.9. The van der Waals surface area contributed by atoms with Crippen LogP contribution in [-0.2, 0) is 26.2 Å². The molecule has 30 heavy (non-hydrogen) atoms. The number of nitrogens with zero attached hydrogens (tertiary/aromatic N) is 2. The molecule has 2 amide bonds. The summed E-state index contributed by atoms with van der Waals surface area (Å²) in [5, 5.41) is 2.13. The van der Waals surface area contributed by atoms with E-state index in [1.807, 2.05) is 0 Å². The number of likely N-dealkylation sites (N-methyl/N-ethyl adjacent to an activating group) is 1. The molecule has 168 valence electrons. The number of hydrogen-bond acceptors (Lipinski definition) is 4. The van der Waals surface area contributed by atoms with E-state index in [-0.39, 0.29) is 21.4 Å². The van der Waals surface area contributed by atoms with Gasteiger partial charge >= 0.3 is 15.5 Å². The average Bonchev–Trinajstić information content (AvgIpc) is 3.03. The molecular formula is C16H17ClF5N3O4S. The van der Waals surface area contributed by atoms with E-state index in [1.165, 1.54) is 18.2 Å². The minimum Gasteiger partial charge on any atom is -0.350 e. The molecule has 0 saturated carbocycles. The Labute approximate surface area is 173 Å². The lowest BCUT2D eigenvalue weighted by molar-refractivity contribution is -0.138. The Kier molecular flexibility index (Phi) is 7.30. The van der Waals surface area contributed by atoms with Gasteiger partial charge in [0.25, 0.3) is 0 Å². The summed E-state index contributed by atoms with van der Waals surface area (Å²) in [4.78, 5) is 25.3. The Morgan fingerprint density at radius 1 is 1.33 bits per heavy atom. The molecule has 0 radical (unpaired) electrons. The first-order valence-corrected chi connectivity index (χ1v) is 10.2. The third kappa shape index (κ3) is 5.19. The van der Waals surface area contributed by atoms with Crippen molar-refractivity contribution in [2.75, 3.05) is 20.1 Å². The molecular weight excluding hydrogens is 461 g/mol. The number of benzene rings is 1. The summed E-state index contributed by atoms with van der Waals surface area (Å²) in [7, 11) is -5.23. The summed E-state index contributed by atoms with van der Waals surface area (Å²) in [5.74, 6) is -2.83. The molecule has 1 aromatic rings. The fourth-order valence-electron chi connectivity index (χ4n) is 2.84. The summed E-state index contributed by atoms with van der Waals surface area (Å²) in [6.45, 7) is -2.16. The highest BCUT2D eigenvalue weighted by Crippen LogP contribution is 2.27. The Hall–Kier alpha value is -1.99. The van der Waals surface area contributed by atoms with E-state index in [1.54, 1.807) is 0 Å². The number of hydrogen-bond donors (Lipinski definition) is 1. The van der Waals surface area contributed by atoms with Crippen LogP contribution in [0.5, 0.6) is 0 Å². The summed E-state index contributed by atoms with van der Waals surface area (Å²) >= 11 is 5.63. The Bertz CT molecular complexity index is 928. The molecule has 1 aromatic carbocycles. The van der Waals surface area contributed by atoms with Crippen LogP contribution < -0.4 is 5.32 Å². The number of carbonyl (C=O) groups is 2. The standard InChI is InChI=1S/C16H17ClF5N3O4S/c1-24(30(28,29)16(20,21)22)8-13(26)25-7-10(18)5-12(25)15(27)23-6-9-3-2-4-11(17)14(9)19/h2-4,10,12H,5-8H2,1H3,(H,23,27). The second kappa shape index (κ2) is 9.02. The second-order valence-corrected chi connectivity index (χ2v) is 8.98. The predicted octanol–water partition coefficient (Wildman–Crippen LogP) is 1.82. The zero-order valence-corrected chi connectivity index (χ0v) is 17.0. The van der Waals surface area contributed by atoms with E-state index < -0.39 is 64.9 Å². The van der Waals surface area contributed by atoms with Crippen molar-refractivity contribution < 1.29 is 40.0 Å². The molecule has 0 bridgehead atoms. The number of nitrogens with one attached hydrogen (secondary N) is 1. The minimum absolute atomic E-state index is 0.0273. The van der Waals surface area contributed by atoms with Gasteiger partial charge in [0.2, 0.25) is 11.8 Å². The SMILES string of the molecule is CN(CC(=O)N1CC(F)CC1C(=O)NCc1cccc(Cl)c1F)S(=O)(=O)C(F)(F)F. The Morgan fingerprint density at radius 3 is 2.57 bits per heavy atom. The normalized spacial score (nSPS) is 19.9. The lowest BCUT2D eigenvalue weighted by Gasteiger charge is -2.26. The maximum Gasteiger partial charge on any atom is 0.511 e. The van der Waals surface area contributed by atoms with Crippen LogP contribution in [0.15, 0.2) is 18.2 Å². The minimum atomic E-state index is -5.77. The fraction of sp³-hybridized carbons (Fsp3) is 0.500. The van der Waals surface area contributed by atoms with Crippen molar-refractivity contribution in [3.63, 3.8) is 0 Å². The quantitative estimate of drug-likeness (QED) is 0.633. The lowest BCUT2D eigenvalue weighted by Crippen LogP contribution is -2.50. The molecule has 0 aliphatic carbocycles. The molecule has 1 fully saturated rings. The largest absolute Gasteiger partial charge is 0.511 e. The monoisotopic (exact) mass is 477 g/mol. The molecule has 14 heteroatoms. The molecule has 7 nitrogen and oxygen atoms in total. The molecule has 0 spiro atoms. The van der Waals surface area contributed by atoms with Crippen LogP contribution in [0.1, 0.15) is 12.0 Å². The van der Waals surface area contributed by atoms with Gasteiger partial charge in [0.15, 0.2) is 0 Å². The maximum atomic E-state index is 13.9. The van der Waals surface area contributed by atoms with Gasteiger partial charge in [0.1, 0.15) is 18.0 Å². The van der Waals surface area contributed by atoms with Crippen molar-refractivity contribution in [1.29, 1.82) is 0 Å². The summed E-state index contributed by atoms with van der Waals surface area (Å²) in [6, 6.07) is 2.68. The van der Waals surface area contributed by atoms with Gasteiger partial charge in [-0.25, -0.2) is 17.2 Å². The molecule has 2 unspecified atom stereocenters. The van der Waals surface area contributed by atoms with E-state index in [0.717, 1.165) is 0 Å². The van der Waals surface area contributed by atoms with Gasteiger partial charge in [0.05, 0.1) is 18.1 Å². The van der Waals surface area contributed by atoms with E-state index in [0.29, 0.717) is 11.9 Å². The highest BCUT2D eigenvalue weighted by atomic mass is 35.5. The van der Waals surface area contributed by atoms with Gasteiger partial charge < -0.3 is 10.2 Å². The molecule has 2 atom stereocenters. The Balaban J connectivity index is 2.08. The molecule has 1 aliphatic rings. The maximum absolute atomic E-state index is 13.9. The topological polar surface area (TPSA) is 86.8 Å². The van der Waals surface area contributed by atoms with Crippen LogP contribution in [0.25, 0.3) is 0 Å². The van der Waals surface area contributed by atoms with Crippen molar-refractivity contribution in [2.24, 2.45) is 0 Å². The number of carbonyl (C=O) groups excluding carboxylic acids is 2. The van der Waals surface area contributed by atoms with Gasteiger partial charge in [0, 0.05) is 25.6 Å². The van der Waals surface area contributed by atoms with Gasteiger partial charge in [-0.3, -0.25) is 9.59 Å². The van der Waals surface area contributed by atoms with Gasteiger partial charge in [-0.1, -0.05) is 23.7 Å². The van der Waals surface area contributed by atoms with Gasteiger partial charge in [-0.2, -0.15) is 17.5 Å². The Morgan fingerprint density at radius 2 is 1.97 bits per heavy atom. The molecule has 1 saturated heterocycles. The van der Waals surface area contributed by atoms with E-state index >= 15 is 0 Å². The van der Waals surface area contributed by atoms with Crippen LogP contribution in [0.4, 0.5) is 22.0 Å². The average molecular weight is 478 g/mol. The van der Waals surface area contributed by atoms with Crippen molar-refractivity contribution in [3.8, 4) is 0 Å². The second-order valence-electron chi connectivity index (χ2n) is 6.53. The van der Waals surface area contributed by atoms with Crippen LogP contribution in [0, 0.1) is 5.82 Å². The molecule has 1 aliphatic heterocycles. The molecule has 1 heterocycles. The first kappa shape index (κ1) is 24.3. The molecule has 1 N–H and O–H groups in total. The number of rotatable bonds is 6. The third-order valence-electron chi connectivity index (χ3n) is 4.42. The van der Waals surface area contributed by atoms with Crippen LogP contribution in [0.2, 0.25) is 5.02 Å². The molecule has 0 aromatic heterocycles. The van der Waals surface area contributed by atoms with E-state index in [9.17, 15) is 40.0 Å². The number of alkyl halides is 4. The van der Waals surface area contributed by atoms with Gasteiger partial charge in [-0.15, -0.1) is 0 Å². The van der Waals surface area contributed by atoms with E-state index in [4.69, 9.17) is 11.6 Å². The predicted molar refractivity (Wildman–Crippen MR) is 95.9 cm³/mol. The number of amides is 2. The fourth-order valence-corrected chi connectivity index (χ4v) is 3.66. The zero-order valence-electron chi connectivity index (χ0n) is 15.4. The summed E-state index contributed by atoms with van der Waals surface area (Å²) in [5.41, 5.74) is -5.59. The first-order chi connectivity index (χ1) is 13.8. The first-order valence-electron chi connectivity index (χ1n) is 8.42.